The molecule has 0 atom stereocenters. The van der Waals surface area contributed by atoms with Crippen LogP contribution in [0.5, 0.6) is 5.75 Å². The molecule has 0 saturated heterocycles. The predicted molar refractivity (Wildman–Crippen MR) is 68.1 cm³/mol. The second kappa shape index (κ2) is 7.25. The maximum absolute atomic E-state index is 5.54. The van der Waals surface area contributed by atoms with E-state index in [1.165, 1.54) is 0 Å². The van der Waals surface area contributed by atoms with Crippen LogP contribution in [0, 0.1) is 6.92 Å². The number of nitrogens with zero attached hydrogens (tertiary/aromatic N) is 1. The van der Waals surface area contributed by atoms with E-state index in [4.69, 9.17) is 9.47 Å². The lowest BCUT2D eigenvalue weighted by Crippen LogP contribution is -2.23. The molecule has 0 amide bonds. The second-order valence-corrected chi connectivity index (χ2v) is 4.19. The fourth-order valence-electron chi connectivity index (χ4n) is 1.35. The van der Waals surface area contributed by atoms with Crippen LogP contribution in [0.2, 0.25) is 0 Å². The third-order valence-corrected chi connectivity index (χ3v) is 2.25. The van der Waals surface area contributed by atoms with Crippen LogP contribution in [0.15, 0.2) is 12.1 Å². The van der Waals surface area contributed by atoms with Gasteiger partial charge in [0.15, 0.2) is 6.79 Å². The van der Waals surface area contributed by atoms with Gasteiger partial charge < -0.3 is 14.8 Å². The highest BCUT2D eigenvalue weighted by molar-refractivity contribution is 5.29. The summed E-state index contributed by atoms with van der Waals surface area (Å²) in [6.07, 6.45) is 0. The fraction of sp³-hybridized carbons (Fsp3) is 0.615. The Morgan fingerprint density at radius 3 is 2.76 bits per heavy atom. The Hall–Kier alpha value is -1.13. The lowest BCUT2D eigenvalue weighted by atomic mass is 10.2. The van der Waals surface area contributed by atoms with E-state index in [1.807, 2.05) is 26.0 Å². The number of aryl methyl sites for hydroxylation is 1. The van der Waals surface area contributed by atoms with Crippen LogP contribution in [0.1, 0.15) is 32.2 Å². The van der Waals surface area contributed by atoms with Crippen molar-refractivity contribution < 1.29 is 9.47 Å². The fourth-order valence-corrected chi connectivity index (χ4v) is 1.35. The number of hydrogen-bond donors (Lipinski definition) is 1. The van der Waals surface area contributed by atoms with Gasteiger partial charge in [0.25, 0.3) is 0 Å². The number of rotatable bonds is 7. The van der Waals surface area contributed by atoms with E-state index in [-0.39, 0.29) is 6.79 Å². The Balaban J connectivity index is 2.66. The summed E-state index contributed by atoms with van der Waals surface area (Å²) in [5.41, 5.74) is 1.92. The van der Waals surface area contributed by atoms with Gasteiger partial charge in [-0.3, -0.25) is 4.98 Å². The van der Waals surface area contributed by atoms with Crippen LogP contribution in [-0.4, -0.2) is 24.4 Å². The molecular formula is C13H22N2O2. The summed E-state index contributed by atoms with van der Waals surface area (Å²) in [5, 5.41) is 3.34. The molecule has 0 bridgehead atoms. The third kappa shape index (κ3) is 5.15. The first-order valence-corrected chi connectivity index (χ1v) is 6.04. The summed E-state index contributed by atoms with van der Waals surface area (Å²) in [6, 6.07) is 4.32. The number of ether oxygens (including phenoxy) is 2. The molecule has 96 valence electrons. The van der Waals surface area contributed by atoms with Crippen LogP contribution in [0.3, 0.4) is 0 Å². The zero-order chi connectivity index (χ0) is 12.7. The van der Waals surface area contributed by atoms with Gasteiger partial charge in [0.1, 0.15) is 5.75 Å². The minimum Gasteiger partial charge on any atom is -0.466 e. The van der Waals surface area contributed by atoms with E-state index >= 15 is 0 Å². The topological polar surface area (TPSA) is 43.4 Å². The van der Waals surface area contributed by atoms with Crippen LogP contribution in [0.25, 0.3) is 0 Å². The summed E-state index contributed by atoms with van der Waals surface area (Å²) in [5.74, 6) is 0.789. The van der Waals surface area contributed by atoms with Gasteiger partial charge in [0.05, 0.1) is 5.69 Å². The maximum atomic E-state index is 5.54. The Morgan fingerprint density at radius 1 is 1.35 bits per heavy atom. The first kappa shape index (κ1) is 13.9. The summed E-state index contributed by atoms with van der Waals surface area (Å²) in [4.78, 5) is 4.48. The molecule has 1 aromatic heterocycles. The van der Waals surface area contributed by atoms with Crippen LogP contribution in [0.4, 0.5) is 0 Å². The van der Waals surface area contributed by atoms with Gasteiger partial charge in [-0.05, 0) is 26.0 Å². The van der Waals surface area contributed by atoms with E-state index in [0.29, 0.717) is 19.2 Å². The van der Waals surface area contributed by atoms with E-state index in [1.54, 1.807) is 0 Å². The quantitative estimate of drug-likeness (QED) is 0.584. The Kier molecular flexibility index (Phi) is 5.94. The largest absolute Gasteiger partial charge is 0.466 e. The normalized spacial score (nSPS) is 10.9. The van der Waals surface area contributed by atoms with E-state index < -0.39 is 0 Å². The SMILES string of the molecule is CCOCOc1ccc(C)nc1CNC(C)C. The second-order valence-electron chi connectivity index (χ2n) is 4.19. The molecule has 1 heterocycles. The van der Waals surface area contributed by atoms with Crippen LogP contribution >= 0.6 is 0 Å². The molecule has 0 spiro atoms. The molecule has 4 nitrogen and oxygen atoms in total. The van der Waals surface area contributed by atoms with Crippen LogP contribution < -0.4 is 10.1 Å². The molecule has 0 aliphatic rings. The first-order valence-electron chi connectivity index (χ1n) is 6.04. The van der Waals surface area contributed by atoms with Crippen molar-refractivity contribution in [2.24, 2.45) is 0 Å². The zero-order valence-corrected chi connectivity index (χ0v) is 11.1. The van der Waals surface area contributed by atoms with Crippen molar-refractivity contribution in [3.63, 3.8) is 0 Å². The molecule has 0 saturated carbocycles. The molecule has 0 fully saturated rings. The summed E-state index contributed by atoms with van der Waals surface area (Å²) < 4.78 is 10.7. The smallest absolute Gasteiger partial charge is 0.189 e. The third-order valence-electron chi connectivity index (χ3n) is 2.25. The van der Waals surface area contributed by atoms with E-state index in [2.05, 4.69) is 24.1 Å². The van der Waals surface area contributed by atoms with Crippen molar-refractivity contribution in [3.8, 4) is 5.75 Å². The molecule has 0 radical (unpaired) electrons. The van der Waals surface area contributed by atoms with Crippen molar-refractivity contribution in [2.45, 2.75) is 40.3 Å². The molecule has 0 aliphatic heterocycles. The average Bonchev–Trinajstić information content (AvgIpc) is 2.29. The molecule has 0 aliphatic carbocycles. The summed E-state index contributed by atoms with van der Waals surface area (Å²) in [6.45, 7) is 9.77. The first-order chi connectivity index (χ1) is 8.13. The molecule has 1 rings (SSSR count). The molecule has 17 heavy (non-hydrogen) atoms. The maximum Gasteiger partial charge on any atom is 0.189 e. The van der Waals surface area contributed by atoms with Gasteiger partial charge in [-0.1, -0.05) is 13.8 Å². The molecular weight excluding hydrogens is 216 g/mol. The highest BCUT2D eigenvalue weighted by atomic mass is 16.7. The molecule has 0 aromatic carbocycles. The highest BCUT2D eigenvalue weighted by Gasteiger charge is 2.06. The average molecular weight is 238 g/mol. The Morgan fingerprint density at radius 2 is 2.12 bits per heavy atom. The monoisotopic (exact) mass is 238 g/mol. The Bertz CT molecular complexity index is 340. The summed E-state index contributed by atoms with van der Waals surface area (Å²) in [7, 11) is 0. The standard InChI is InChI=1S/C13H22N2O2/c1-5-16-9-17-13-7-6-11(4)15-12(13)8-14-10(2)3/h6-7,10,14H,5,8-9H2,1-4H3. The summed E-state index contributed by atoms with van der Waals surface area (Å²) >= 11 is 0. The van der Waals surface area contributed by atoms with Crippen LogP contribution in [-0.2, 0) is 11.3 Å². The van der Waals surface area contributed by atoms with Gasteiger partial charge in [-0.15, -0.1) is 0 Å². The number of hydrogen-bond acceptors (Lipinski definition) is 4. The van der Waals surface area contributed by atoms with Crippen molar-refractivity contribution in [2.75, 3.05) is 13.4 Å². The van der Waals surface area contributed by atoms with Gasteiger partial charge in [-0.2, -0.15) is 0 Å². The van der Waals surface area contributed by atoms with Gasteiger partial charge in [-0.25, -0.2) is 0 Å². The number of nitrogens with one attached hydrogen (secondary N) is 1. The predicted octanol–water partition coefficient (Wildman–Crippen LogP) is 2.26. The van der Waals surface area contributed by atoms with E-state index in [0.717, 1.165) is 17.1 Å². The van der Waals surface area contributed by atoms with Gasteiger partial charge >= 0.3 is 0 Å². The molecule has 1 N–H and O–H groups in total. The molecule has 1 aromatic rings. The van der Waals surface area contributed by atoms with Crippen molar-refractivity contribution >= 4 is 0 Å². The van der Waals surface area contributed by atoms with Crippen molar-refractivity contribution in [1.29, 1.82) is 0 Å². The van der Waals surface area contributed by atoms with E-state index in [9.17, 15) is 0 Å². The lowest BCUT2D eigenvalue weighted by molar-refractivity contribution is 0.0215. The van der Waals surface area contributed by atoms with Crippen molar-refractivity contribution in [1.82, 2.24) is 10.3 Å². The highest BCUT2D eigenvalue weighted by Crippen LogP contribution is 2.17. The van der Waals surface area contributed by atoms with Gasteiger partial charge in [0, 0.05) is 24.9 Å². The minimum absolute atomic E-state index is 0.274. The molecule has 0 unspecified atom stereocenters. The van der Waals surface area contributed by atoms with Gasteiger partial charge in [0.2, 0.25) is 0 Å². The van der Waals surface area contributed by atoms with Crippen molar-refractivity contribution in [3.05, 3.63) is 23.5 Å². The molecule has 4 heteroatoms. The number of aromatic nitrogens is 1. The zero-order valence-electron chi connectivity index (χ0n) is 11.1. The minimum atomic E-state index is 0.274. The lowest BCUT2D eigenvalue weighted by Gasteiger charge is -2.13. The number of pyridine rings is 1. The Labute approximate surface area is 103 Å².